The Bertz CT molecular complexity index is 770. The summed E-state index contributed by atoms with van der Waals surface area (Å²) in [7, 11) is 0. The lowest BCUT2D eigenvalue weighted by Gasteiger charge is -1.99. The van der Waals surface area contributed by atoms with Crippen molar-refractivity contribution < 1.29 is 22.5 Å². The Morgan fingerprint density at radius 2 is 1.57 bits per heavy atom. The third kappa shape index (κ3) is 2.81. The van der Waals surface area contributed by atoms with Gasteiger partial charge in [0.05, 0.1) is 4.92 Å². The third-order valence-electron chi connectivity index (χ3n) is 2.42. The van der Waals surface area contributed by atoms with Crippen LogP contribution in [0.4, 0.5) is 23.2 Å². The largest absolute Gasteiger partial charge is 0.284 e. The first-order chi connectivity index (χ1) is 9.91. The fraction of sp³-hybridized carbons (Fsp3) is 0. The molecule has 0 atom stereocenters. The SMILES string of the molecule is O=[N+]([O-])c1ccccc1C#Cc1c(F)c(F)nc(F)c1F. The Balaban J connectivity index is 2.58. The van der Waals surface area contributed by atoms with Crippen LogP contribution in [-0.2, 0) is 0 Å². The highest BCUT2D eigenvalue weighted by Gasteiger charge is 2.19. The number of benzene rings is 1. The summed E-state index contributed by atoms with van der Waals surface area (Å²) in [6.45, 7) is 0. The molecule has 0 aliphatic carbocycles. The standard InChI is InChI=1S/C13H4F4N2O2/c14-10-8(11(15)13(17)18-12(10)16)6-5-7-3-1-2-4-9(7)19(20)21/h1-4H. The lowest BCUT2D eigenvalue weighted by molar-refractivity contribution is -0.385. The molecule has 0 amide bonds. The molecule has 0 radical (unpaired) electrons. The van der Waals surface area contributed by atoms with Crippen LogP contribution in [0.3, 0.4) is 0 Å². The van der Waals surface area contributed by atoms with Gasteiger partial charge < -0.3 is 0 Å². The molecule has 0 unspecified atom stereocenters. The predicted octanol–water partition coefficient (Wildman–Crippen LogP) is 2.95. The quantitative estimate of drug-likeness (QED) is 0.267. The van der Waals surface area contributed by atoms with Gasteiger partial charge in [0, 0.05) is 6.07 Å². The third-order valence-corrected chi connectivity index (χ3v) is 2.42. The van der Waals surface area contributed by atoms with Gasteiger partial charge in [0.25, 0.3) is 17.6 Å². The van der Waals surface area contributed by atoms with Crippen LogP contribution in [-0.4, -0.2) is 9.91 Å². The summed E-state index contributed by atoms with van der Waals surface area (Å²) in [6.07, 6.45) is 0. The lowest BCUT2D eigenvalue weighted by atomic mass is 10.1. The number of nitro benzene ring substituents is 1. The van der Waals surface area contributed by atoms with Gasteiger partial charge in [-0.05, 0) is 6.07 Å². The number of hydrogen-bond acceptors (Lipinski definition) is 3. The van der Waals surface area contributed by atoms with Crippen LogP contribution in [0.1, 0.15) is 11.1 Å². The van der Waals surface area contributed by atoms with Gasteiger partial charge in [-0.1, -0.05) is 24.0 Å². The number of nitro groups is 1. The summed E-state index contributed by atoms with van der Waals surface area (Å²) in [5.74, 6) is -3.26. The zero-order valence-corrected chi connectivity index (χ0v) is 10.0. The van der Waals surface area contributed by atoms with Crippen LogP contribution >= 0.6 is 0 Å². The molecule has 2 rings (SSSR count). The van der Waals surface area contributed by atoms with E-state index in [9.17, 15) is 27.7 Å². The van der Waals surface area contributed by atoms with E-state index in [4.69, 9.17) is 0 Å². The second kappa shape index (κ2) is 5.58. The molecule has 0 aliphatic heterocycles. The average Bonchev–Trinajstić information content (AvgIpc) is 2.45. The van der Waals surface area contributed by atoms with Crippen LogP contribution in [0.25, 0.3) is 0 Å². The molecule has 0 bridgehead atoms. The summed E-state index contributed by atoms with van der Waals surface area (Å²) < 4.78 is 52.4. The normalized spacial score (nSPS) is 9.90. The van der Waals surface area contributed by atoms with Gasteiger partial charge in [-0.2, -0.15) is 13.8 Å². The summed E-state index contributed by atoms with van der Waals surface area (Å²) in [4.78, 5) is 12.4. The molecule has 0 aliphatic rings. The highest BCUT2D eigenvalue weighted by Crippen LogP contribution is 2.18. The highest BCUT2D eigenvalue weighted by molar-refractivity contribution is 5.53. The van der Waals surface area contributed by atoms with Crippen molar-refractivity contribution in [2.75, 3.05) is 0 Å². The molecule has 0 fully saturated rings. The maximum atomic E-state index is 13.3. The van der Waals surface area contributed by atoms with Crippen molar-refractivity contribution in [3.63, 3.8) is 0 Å². The minimum atomic E-state index is -1.85. The van der Waals surface area contributed by atoms with Crippen LogP contribution < -0.4 is 0 Å². The lowest BCUT2D eigenvalue weighted by Crippen LogP contribution is -2.03. The fourth-order valence-electron chi connectivity index (χ4n) is 1.47. The number of halogens is 4. The Labute approximate surface area is 115 Å². The molecular weight excluding hydrogens is 292 g/mol. The van der Waals surface area contributed by atoms with Gasteiger partial charge in [0.15, 0.2) is 11.6 Å². The molecule has 106 valence electrons. The summed E-state index contributed by atoms with van der Waals surface area (Å²) >= 11 is 0. The first-order valence-corrected chi connectivity index (χ1v) is 5.37. The molecule has 1 aromatic heterocycles. The highest BCUT2D eigenvalue weighted by atomic mass is 19.2. The van der Waals surface area contributed by atoms with E-state index in [0.29, 0.717) is 0 Å². The number of pyridine rings is 1. The van der Waals surface area contributed by atoms with Crippen molar-refractivity contribution in [3.05, 3.63) is 69.0 Å². The Kier molecular flexibility index (Phi) is 3.84. The van der Waals surface area contributed by atoms with E-state index >= 15 is 0 Å². The average molecular weight is 296 g/mol. The van der Waals surface area contributed by atoms with Crippen LogP contribution in [0.15, 0.2) is 24.3 Å². The molecular formula is C13H4F4N2O2. The first-order valence-electron chi connectivity index (χ1n) is 5.37. The van der Waals surface area contributed by atoms with E-state index < -0.39 is 39.7 Å². The van der Waals surface area contributed by atoms with Gasteiger partial charge in [0.1, 0.15) is 11.1 Å². The van der Waals surface area contributed by atoms with E-state index in [1.54, 1.807) is 0 Å². The molecule has 0 saturated carbocycles. The monoisotopic (exact) mass is 296 g/mol. The molecule has 1 aromatic carbocycles. The maximum Gasteiger partial charge on any atom is 0.284 e. The van der Waals surface area contributed by atoms with Crippen LogP contribution in [0.2, 0.25) is 0 Å². The van der Waals surface area contributed by atoms with Gasteiger partial charge in [-0.25, -0.2) is 8.78 Å². The Morgan fingerprint density at radius 3 is 2.14 bits per heavy atom. The molecule has 2 aromatic rings. The Morgan fingerprint density at radius 1 is 1.00 bits per heavy atom. The van der Waals surface area contributed by atoms with Crippen LogP contribution in [0, 0.1) is 45.5 Å². The van der Waals surface area contributed by atoms with E-state index in [1.807, 2.05) is 5.92 Å². The number of aromatic nitrogens is 1. The maximum absolute atomic E-state index is 13.3. The smallest absolute Gasteiger partial charge is 0.258 e. The molecule has 0 saturated heterocycles. The summed E-state index contributed by atoms with van der Waals surface area (Å²) in [5.41, 5.74) is -1.74. The summed E-state index contributed by atoms with van der Waals surface area (Å²) in [5, 5.41) is 10.7. The van der Waals surface area contributed by atoms with Crippen molar-refractivity contribution in [1.29, 1.82) is 0 Å². The first kappa shape index (κ1) is 14.5. The predicted molar refractivity (Wildman–Crippen MR) is 63.1 cm³/mol. The zero-order valence-electron chi connectivity index (χ0n) is 10.0. The number of hydrogen-bond donors (Lipinski definition) is 0. The number of nitrogens with zero attached hydrogens (tertiary/aromatic N) is 2. The van der Waals surface area contributed by atoms with Gasteiger partial charge in [-0.3, -0.25) is 10.1 Å². The minimum absolute atomic E-state index is 0.154. The van der Waals surface area contributed by atoms with Crippen molar-refractivity contribution in [2.45, 2.75) is 0 Å². The molecule has 0 spiro atoms. The van der Waals surface area contributed by atoms with Crippen LogP contribution in [0.5, 0.6) is 0 Å². The second-order valence-electron chi connectivity index (χ2n) is 3.72. The molecule has 4 nitrogen and oxygen atoms in total. The van der Waals surface area contributed by atoms with Crippen molar-refractivity contribution in [3.8, 4) is 11.8 Å². The van der Waals surface area contributed by atoms with E-state index in [-0.39, 0.29) is 5.56 Å². The Hall–Kier alpha value is -2.95. The number of rotatable bonds is 1. The van der Waals surface area contributed by atoms with E-state index in [0.717, 1.165) is 6.07 Å². The second-order valence-corrected chi connectivity index (χ2v) is 3.72. The van der Waals surface area contributed by atoms with Gasteiger partial charge in [0.2, 0.25) is 0 Å². The molecule has 1 heterocycles. The summed E-state index contributed by atoms with van der Waals surface area (Å²) in [6, 6.07) is 5.15. The van der Waals surface area contributed by atoms with Crippen molar-refractivity contribution in [2.24, 2.45) is 0 Å². The number of para-hydroxylation sites is 1. The molecule has 8 heteroatoms. The van der Waals surface area contributed by atoms with E-state index in [2.05, 4.69) is 10.9 Å². The zero-order chi connectivity index (χ0) is 15.6. The van der Waals surface area contributed by atoms with Crippen molar-refractivity contribution >= 4 is 5.69 Å². The van der Waals surface area contributed by atoms with E-state index in [1.165, 1.54) is 18.2 Å². The fourth-order valence-corrected chi connectivity index (χ4v) is 1.47. The minimum Gasteiger partial charge on any atom is -0.258 e. The molecule has 21 heavy (non-hydrogen) atoms. The molecule has 0 N–H and O–H groups in total. The van der Waals surface area contributed by atoms with Gasteiger partial charge >= 0.3 is 0 Å². The van der Waals surface area contributed by atoms with Gasteiger partial charge in [-0.15, -0.1) is 0 Å². The topological polar surface area (TPSA) is 56.0 Å². The van der Waals surface area contributed by atoms with Crippen molar-refractivity contribution in [1.82, 2.24) is 4.98 Å².